The van der Waals surface area contributed by atoms with E-state index in [1.807, 2.05) is 6.07 Å². The molecule has 0 saturated heterocycles. The number of nitrogens with two attached hydrogens (primary N) is 1. The molecule has 126 valence electrons. The number of aliphatic hydroxyl groups is 1. The van der Waals surface area contributed by atoms with Crippen LogP contribution in [-0.4, -0.2) is 17.7 Å². The van der Waals surface area contributed by atoms with E-state index in [0.717, 1.165) is 0 Å². The summed E-state index contributed by atoms with van der Waals surface area (Å²) in [5, 5.41) is 18.5. The maximum Gasteiger partial charge on any atom is 0.338 e. The first-order chi connectivity index (χ1) is 11.4. The molecule has 24 heavy (non-hydrogen) atoms. The van der Waals surface area contributed by atoms with E-state index in [-0.39, 0.29) is 35.0 Å². The lowest BCUT2D eigenvalue weighted by molar-refractivity contribution is -0.139. The van der Waals surface area contributed by atoms with Crippen molar-refractivity contribution >= 4 is 5.97 Å². The van der Waals surface area contributed by atoms with Gasteiger partial charge in [0.05, 0.1) is 24.7 Å². The Bertz CT molecular complexity index is 777. The molecule has 1 aliphatic rings. The number of esters is 1. The Morgan fingerprint density at radius 3 is 2.79 bits per heavy atom. The van der Waals surface area contributed by atoms with Gasteiger partial charge in [0, 0.05) is 5.56 Å². The minimum atomic E-state index is -0.898. The maximum absolute atomic E-state index is 14.1. The second kappa shape index (κ2) is 7.15. The molecular weight excluding hydrogens is 315 g/mol. The van der Waals surface area contributed by atoms with Crippen LogP contribution in [0.1, 0.15) is 30.9 Å². The van der Waals surface area contributed by atoms with Crippen molar-refractivity contribution in [1.82, 2.24) is 0 Å². The van der Waals surface area contributed by atoms with E-state index in [1.54, 1.807) is 6.92 Å². The van der Waals surface area contributed by atoms with E-state index < -0.39 is 24.3 Å². The first-order valence-corrected chi connectivity index (χ1v) is 7.29. The Hall–Kier alpha value is -2.85. The fourth-order valence-electron chi connectivity index (χ4n) is 2.56. The number of benzene rings is 1. The highest BCUT2D eigenvalue weighted by atomic mass is 19.1. The number of aliphatic hydroxyl groups excluding tert-OH is 1. The van der Waals surface area contributed by atoms with Crippen LogP contribution in [0.5, 0.6) is 0 Å². The van der Waals surface area contributed by atoms with Crippen LogP contribution in [0.4, 0.5) is 4.39 Å². The van der Waals surface area contributed by atoms with Crippen LogP contribution in [0.2, 0.25) is 0 Å². The van der Waals surface area contributed by atoms with Gasteiger partial charge < -0.3 is 20.3 Å². The predicted molar refractivity (Wildman–Crippen MR) is 82.3 cm³/mol. The highest BCUT2D eigenvalue weighted by Crippen LogP contribution is 2.39. The molecule has 1 aromatic carbocycles. The van der Waals surface area contributed by atoms with Crippen LogP contribution in [0.3, 0.4) is 0 Å². The third-order valence-electron chi connectivity index (χ3n) is 3.68. The first-order valence-electron chi connectivity index (χ1n) is 7.29. The van der Waals surface area contributed by atoms with E-state index in [4.69, 9.17) is 20.3 Å². The van der Waals surface area contributed by atoms with E-state index in [2.05, 4.69) is 0 Å². The minimum absolute atomic E-state index is 0.000184. The van der Waals surface area contributed by atoms with Crippen molar-refractivity contribution in [1.29, 1.82) is 5.26 Å². The number of carbonyl (C=O) groups is 1. The number of rotatable bonds is 4. The van der Waals surface area contributed by atoms with Crippen molar-refractivity contribution in [3.05, 3.63) is 57.9 Å². The smallest absolute Gasteiger partial charge is 0.338 e. The largest absolute Gasteiger partial charge is 0.463 e. The zero-order chi connectivity index (χ0) is 17.9. The van der Waals surface area contributed by atoms with E-state index >= 15 is 0 Å². The Balaban J connectivity index is 2.62. The molecule has 0 aromatic heterocycles. The van der Waals surface area contributed by atoms with Gasteiger partial charge in [0.1, 0.15) is 23.2 Å². The molecule has 1 aliphatic heterocycles. The Morgan fingerprint density at radius 2 is 2.25 bits per heavy atom. The van der Waals surface area contributed by atoms with Crippen molar-refractivity contribution in [2.45, 2.75) is 26.4 Å². The fraction of sp³-hybridized carbons (Fsp3) is 0.294. The van der Waals surface area contributed by atoms with Gasteiger partial charge in [0.15, 0.2) is 0 Å². The molecule has 1 heterocycles. The van der Waals surface area contributed by atoms with Crippen LogP contribution in [-0.2, 0) is 20.9 Å². The second-order valence-corrected chi connectivity index (χ2v) is 5.12. The lowest BCUT2D eigenvalue weighted by atomic mass is 9.83. The van der Waals surface area contributed by atoms with Crippen molar-refractivity contribution in [3.8, 4) is 6.07 Å². The fourth-order valence-corrected chi connectivity index (χ4v) is 2.56. The maximum atomic E-state index is 14.1. The van der Waals surface area contributed by atoms with Gasteiger partial charge in [0.2, 0.25) is 5.88 Å². The number of nitriles is 1. The third kappa shape index (κ3) is 3.09. The molecule has 0 radical (unpaired) electrons. The normalized spacial score (nSPS) is 17.4. The van der Waals surface area contributed by atoms with Crippen molar-refractivity contribution < 1.29 is 23.8 Å². The molecule has 6 nitrogen and oxygen atoms in total. The van der Waals surface area contributed by atoms with Gasteiger partial charge in [-0.15, -0.1) is 0 Å². The molecule has 2 rings (SSSR count). The molecule has 0 fully saturated rings. The Morgan fingerprint density at radius 1 is 1.54 bits per heavy atom. The highest BCUT2D eigenvalue weighted by molar-refractivity contribution is 5.92. The van der Waals surface area contributed by atoms with Gasteiger partial charge >= 0.3 is 5.97 Å². The van der Waals surface area contributed by atoms with Crippen LogP contribution < -0.4 is 5.73 Å². The van der Waals surface area contributed by atoms with Crippen LogP contribution in [0, 0.1) is 17.1 Å². The molecular formula is C17H17FN2O4. The minimum Gasteiger partial charge on any atom is -0.463 e. The summed E-state index contributed by atoms with van der Waals surface area (Å²) in [4.78, 5) is 12.3. The average Bonchev–Trinajstić information content (AvgIpc) is 2.54. The number of hydrogen-bond acceptors (Lipinski definition) is 6. The van der Waals surface area contributed by atoms with Gasteiger partial charge in [-0.3, -0.25) is 0 Å². The molecule has 0 bridgehead atoms. The van der Waals surface area contributed by atoms with Gasteiger partial charge in [-0.1, -0.05) is 12.1 Å². The lowest BCUT2D eigenvalue weighted by Gasteiger charge is -2.27. The Labute approximate surface area is 138 Å². The summed E-state index contributed by atoms with van der Waals surface area (Å²) in [5.41, 5.74) is 6.30. The van der Waals surface area contributed by atoms with Gasteiger partial charge in [-0.25, -0.2) is 9.18 Å². The summed E-state index contributed by atoms with van der Waals surface area (Å²) in [6.07, 6.45) is 0. The Kier molecular flexibility index (Phi) is 5.21. The highest BCUT2D eigenvalue weighted by Gasteiger charge is 2.36. The predicted octanol–water partition coefficient (Wildman–Crippen LogP) is 1.96. The summed E-state index contributed by atoms with van der Waals surface area (Å²) in [7, 11) is 0. The standard InChI is InChI=1S/C17H17FN2O4/c1-3-23-17(22)14-9(2)24-16(20)12(7-19)15(14)10-4-5-11(8-21)13(18)6-10/h4-6,15,21H,3,8,20H2,1-2H3. The molecule has 7 heteroatoms. The zero-order valence-electron chi connectivity index (χ0n) is 13.3. The number of halogens is 1. The molecule has 1 atom stereocenters. The van der Waals surface area contributed by atoms with Crippen LogP contribution in [0.15, 0.2) is 41.0 Å². The topological polar surface area (TPSA) is 106 Å². The zero-order valence-corrected chi connectivity index (χ0v) is 13.3. The molecule has 0 saturated carbocycles. The summed E-state index contributed by atoms with van der Waals surface area (Å²) >= 11 is 0. The van der Waals surface area contributed by atoms with Crippen molar-refractivity contribution in [2.75, 3.05) is 6.61 Å². The molecule has 0 amide bonds. The van der Waals surface area contributed by atoms with E-state index in [0.29, 0.717) is 5.56 Å². The quantitative estimate of drug-likeness (QED) is 0.817. The molecule has 1 unspecified atom stereocenters. The first kappa shape index (κ1) is 17.5. The number of allylic oxidation sites excluding steroid dienone is 2. The van der Waals surface area contributed by atoms with E-state index in [1.165, 1.54) is 25.1 Å². The monoisotopic (exact) mass is 332 g/mol. The molecule has 0 aliphatic carbocycles. The van der Waals surface area contributed by atoms with Gasteiger partial charge in [0.25, 0.3) is 0 Å². The SMILES string of the molecule is CCOC(=O)C1=C(C)OC(N)=C(C#N)C1c1ccc(CO)c(F)c1. The summed E-state index contributed by atoms with van der Waals surface area (Å²) < 4.78 is 24.4. The molecule has 1 aromatic rings. The number of carbonyl (C=O) groups excluding carboxylic acids is 1. The van der Waals surface area contributed by atoms with Gasteiger partial charge in [-0.2, -0.15) is 5.26 Å². The third-order valence-corrected chi connectivity index (χ3v) is 3.68. The number of ether oxygens (including phenoxy) is 2. The van der Waals surface area contributed by atoms with Crippen LogP contribution >= 0.6 is 0 Å². The van der Waals surface area contributed by atoms with Gasteiger partial charge in [-0.05, 0) is 25.5 Å². The van der Waals surface area contributed by atoms with E-state index in [9.17, 15) is 14.4 Å². The molecule has 3 N–H and O–H groups in total. The average molecular weight is 332 g/mol. The second-order valence-electron chi connectivity index (χ2n) is 5.12. The molecule has 0 spiro atoms. The van der Waals surface area contributed by atoms with Crippen molar-refractivity contribution in [3.63, 3.8) is 0 Å². The summed E-state index contributed by atoms with van der Waals surface area (Å²) in [6, 6.07) is 6.00. The van der Waals surface area contributed by atoms with Crippen molar-refractivity contribution in [2.24, 2.45) is 5.73 Å². The summed E-state index contributed by atoms with van der Waals surface area (Å²) in [5.74, 6) is -2.14. The summed E-state index contributed by atoms with van der Waals surface area (Å²) in [6.45, 7) is 2.86. The number of nitrogens with zero attached hydrogens (tertiary/aromatic N) is 1. The lowest BCUT2D eigenvalue weighted by Crippen LogP contribution is -2.25. The number of hydrogen-bond donors (Lipinski definition) is 2. The van der Waals surface area contributed by atoms with Crippen LogP contribution in [0.25, 0.3) is 0 Å².